The van der Waals surface area contributed by atoms with Crippen molar-refractivity contribution < 1.29 is 4.48 Å². The third kappa shape index (κ3) is 3.14. The summed E-state index contributed by atoms with van der Waals surface area (Å²) < 4.78 is 1.14. The molecule has 0 spiro atoms. The minimum absolute atomic E-state index is 1.03. The Morgan fingerprint density at radius 1 is 1.08 bits per heavy atom. The molecule has 1 heteroatoms. The highest BCUT2D eigenvalue weighted by atomic mass is 15.3. The van der Waals surface area contributed by atoms with Crippen molar-refractivity contribution >= 4 is 0 Å². The van der Waals surface area contributed by atoms with Gasteiger partial charge in [0.1, 0.15) is 0 Å². The first kappa shape index (κ1) is 10.0. The smallest absolute Gasteiger partial charge is 0.0809 e. The van der Waals surface area contributed by atoms with Gasteiger partial charge in [-0.05, 0) is 18.8 Å². The number of nitrogens with zero attached hydrogens (tertiary/aromatic N) is 1. The van der Waals surface area contributed by atoms with Crippen LogP contribution in [0.25, 0.3) is 0 Å². The molecular formula is C11H24N+. The molecule has 0 bridgehead atoms. The van der Waals surface area contributed by atoms with Gasteiger partial charge in [0.15, 0.2) is 0 Å². The van der Waals surface area contributed by atoms with Gasteiger partial charge in [0.05, 0.1) is 27.7 Å². The lowest BCUT2D eigenvalue weighted by atomic mass is 9.72. The molecule has 0 radical (unpaired) electrons. The van der Waals surface area contributed by atoms with Crippen LogP contribution in [0.3, 0.4) is 0 Å². The van der Waals surface area contributed by atoms with Gasteiger partial charge in [0, 0.05) is 5.92 Å². The Morgan fingerprint density at radius 3 is 2.08 bits per heavy atom. The number of hydrogen-bond donors (Lipinski definition) is 0. The molecule has 12 heavy (non-hydrogen) atoms. The first-order valence-electron chi connectivity index (χ1n) is 5.31. The Kier molecular flexibility index (Phi) is 3.16. The third-order valence-electron chi connectivity index (χ3n) is 2.84. The van der Waals surface area contributed by atoms with Gasteiger partial charge in [0.25, 0.3) is 0 Å². The summed E-state index contributed by atoms with van der Waals surface area (Å²) in [6.07, 6.45) is 5.85. The fourth-order valence-electron chi connectivity index (χ4n) is 2.44. The van der Waals surface area contributed by atoms with Gasteiger partial charge >= 0.3 is 0 Å². The maximum Gasteiger partial charge on any atom is 0.0809 e. The molecule has 0 unspecified atom stereocenters. The molecule has 0 heterocycles. The Labute approximate surface area is 77.4 Å². The van der Waals surface area contributed by atoms with Gasteiger partial charge in [-0.1, -0.05) is 19.8 Å². The van der Waals surface area contributed by atoms with E-state index in [9.17, 15) is 0 Å². The summed E-state index contributed by atoms with van der Waals surface area (Å²) in [5.74, 6) is 2.10. The minimum Gasteiger partial charge on any atom is -0.331 e. The molecule has 0 saturated heterocycles. The molecule has 1 fully saturated rings. The standard InChI is InChI=1S/C11H24N/c1-5-6-10-7-11(8-10)9-12(2,3)4/h10-11H,5-9H2,1-4H3/q+1. The van der Waals surface area contributed by atoms with Gasteiger partial charge in [-0.15, -0.1) is 0 Å². The van der Waals surface area contributed by atoms with E-state index in [2.05, 4.69) is 28.1 Å². The summed E-state index contributed by atoms with van der Waals surface area (Å²) in [6, 6.07) is 0. The van der Waals surface area contributed by atoms with Crippen molar-refractivity contribution in [3.63, 3.8) is 0 Å². The molecule has 0 atom stereocenters. The quantitative estimate of drug-likeness (QED) is 0.569. The lowest BCUT2D eigenvalue weighted by Crippen LogP contribution is -2.43. The monoisotopic (exact) mass is 170 g/mol. The van der Waals surface area contributed by atoms with Gasteiger partial charge in [0.2, 0.25) is 0 Å². The predicted octanol–water partition coefficient (Wildman–Crippen LogP) is 2.52. The van der Waals surface area contributed by atoms with Gasteiger partial charge < -0.3 is 4.48 Å². The first-order chi connectivity index (χ1) is 5.51. The van der Waals surface area contributed by atoms with Gasteiger partial charge in [-0.2, -0.15) is 0 Å². The zero-order valence-corrected chi connectivity index (χ0v) is 9.14. The lowest BCUT2D eigenvalue weighted by molar-refractivity contribution is -0.874. The van der Waals surface area contributed by atoms with Crippen LogP contribution in [0.4, 0.5) is 0 Å². The van der Waals surface area contributed by atoms with Gasteiger partial charge in [-0.3, -0.25) is 0 Å². The maximum absolute atomic E-state index is 2.30. The van der Waals surface area contributed by atoms with Crippen molar-refractivity contribution in [2.75, 3.05) is 27.7 Å². The third-order valence-corrected chi connectivity index (χ3v) is 2.84. The molecule has 0 aliphatic heterocycles. The van der Waals surface area contributed by atoms with Crippen molar-refractivity contribution in [2.45, 2.75) is 32.6 Å². The zero-order valence-electron chi connectivity index (χ0n) is 9.14. The minimum atomic E-state index is 1.03. The molecule has 0 N–H and O–H groups in total. The normalized spacial score (nSPS) is 30.0. The second-order valence-corrected chi connectivity index (χ2v) is 5.47. The summed E-state index contributed by atoms with van der Waals surface area (Å²) in [5, 5.41) is 0. The van der Waals surface area contributed by atoms with Crippen LogP contribution in [0.15, 0.2) is 0 Å². The van der Waals surface area contributed by atoms with Crippen molar-refractivity contribution in [1.82, 2.24) is 0 Å². The number of rotatable bonds is 4. The Morgan fingerprint density at radius 2 is 1.67 bits per heavy atom. The van der Waals surface area contributed by atoms with Crippen molar-refractivity contribution in [1.29, 1.82) is 0 Å². The van der Waals surface area contributed by atoms with E-state index in [0.717, 1.165) is 16.3 Å². The van der Waals surface area contributed by atoms with Crippen LogP contribution in [0, 0.1) is 11.8 Å². The fourth-order valence-corrected chi connectivity index (χ4v) is 2.44. The highest BCUT2D eigenvalue weighted by Crippen LogP contribution is 2.37. The molecule has 0 aromatic rings. The number of quaternary nitrogens is 1. The lowest BCUT2D eigenvalue weighted by Gasteiger charge is -2.39. The number of hydrogen-bond acceptors (Lipinski definition) is 0. The predicted molar refractivity (Wildman–Crippen MR) is 54.0 cm³/mol. The molecule has 0 aromatic carbocycles. The highest BCUT2D eigenvalue weighted by molar-refractivity contribution is 4.78. The maximum atomic E-state index is 2.30. The van der Waals surface area contributed by atoms with E-state index in [1.807, 2.05) is 0 Å². The summed E-state index contributed by atoms with van der Waals surface area (Å²) in [7, 11) is 6.90. The van der Waals surface area contributed by atoms with E-state index < -0.39 is 0 Å². The van der Waals surface area contributed by atoms with Crippen LogP contribution in [0.1, 0.15) is 32.6 Å². The summed E-state index contributed by atoms with van der Waals surface area (Å²) >= 11 is 0. The Balaban J connectivity index is 2.10. The average molecular weight is 170 g/mol. The zero-order chi connectivity index (χ0) is 9.19. The summed E-state index contributed by atoms with van der Waals surface area (Å²) in [6.45, 7) is 3.67. The van der Waals surface area contributed by atoms with Crippen LogP contribution < -0.4 is 0 Å². The van der Waals surface area contributed by atoms with Crippen molar-refractivity contribution in [3.05, 3.63) is 0 Å². The van der Waals surface area contributed by atoms with Crippen molar-refractivity contribution in [3.8, 4) is 0 Å². The van der Waals surface area contributed by atoms with Crippen LogP contribution in [0.2, 0.25) is 0 Å². The van der Waals surface area contributed by atoms with Crippen LogP contribution in [-0.4, -0.2) is 32.2 Å². The molecule has 1 aliphatic rings. The molecule has 1 saturated carbocycles. The molecule has 72 valence electrons. The topological polar surface area (TPSA) is 0 Å². The molecule has 1 rings (SSSR count). The molecule has 0 amide bonds. The Bertz CT molecular complexity index is 128. The van der Waals surface area contributed by atoms with Gasteiger partial charge in [-0.25, -0.2) is 0 Å². The van der Waals surface area contributed by atoms with E-state index in [-0.39, 0.29) is 0 Å². The second-order valence-electron chi connectivity index (χ2n) is 5.47. The summed E-state index contributed by atoms with van der Waals surface area (Å²) in [4.78, 5) is 0. The van der Waals surface area contributed by atoms with E-state index in [1.54, 1.807) is 0 Å². The SMILES string of the molecule is CCCC1CC(C[N+](C)(C)C)C1. The largest absolute Gasteiger partial charge is 0.331 e. The van der Waals surface area contributed by atoms with E-state index in [0.29, 0.717) is 0 Å². The van der Waals surface area contributed by atoms with E-state index in [4.69, 9.17) is 0 Å². The van der Waals surface area contributed by atoms with Crippen LogP contribution in [-0.2, 0) is 0 Å². The average Bonchev–Trinajstić information content (AvgIpc) is 1.80. The molecule has 1 nitrogen and oxygen atoms in total. The van der Waals surface area contributed by atoms with Crippen LogP contribution in [0.5, 0.6) is 0 Å². The second kappa shape index (κ2) is 3.78. The van der Waals surface area contributed by atoms with Crippen molar-refractivity contribution in [2.24, 2.45) is 11.8 Å². The first-order valence-corrected chi connectivity index (χ1v) is 5.31. The van der Waals surface area contributed by atoms with E-state index >= 15 is 0 Å². The molecule has 0 aromatic heterocycles. The Hall–Kier alpha value is -0.0400. The molecule has 1 aliphatic carbocycles. The van der Waals surface area contributed by atoms with Crippen LogP contribution >= 0.6 is 0 Å². The fraction of sp³-hybridized carbons (Fsp3) is 1.00. The highest BCUT2D eigenvalue weighted by Gasteiger charge is 2.31. The summed E-state index contributed by atoms with van der Waals surface area (Å²) in [5.41, 5.74) is 0. The molecular weight excluding hydrogens is 146 g/mol. The van der Waals surface area contributed by atoms with E-state index in [1.165, 1.54) is 32.2 Å².